The van der Waals surface area contributed by atoms with Gasteiger partial charge in [-0.1, -0.05) is 32.0 Å². The molecule has 172 valence electrons. The Morgan fingerprint density at radius 2 is 1.94 bits per heavy atom. The molecular weight excluding hydrogens is 422 g/mol. The number of hydrogen-bond acceptors (Lipinski definition) is 7. The molecule has 1 aromatic carbocycles. The van der Waals surface area contributed by atoms with Crippen molar-refractivity contribution in [2.75, 3.05) is 17.7 Å². The first-order valence-corrected chi connectivity index (χ1v) is 10.5. The molecule has 2 heterocycles. The summed E-state index contributed by atoms with van der Waals surface area (Å²) < 4.78 is 0. The number of primary amides is 1. The molecule has 6 N–H and O–H groups in total. The van der Waals surface area contributed by atoms with E-state index in [1.165, 1.54) is 7.05 Å². The highest BCUT2D eigenvalue weighted by Gasteiger charge is 2.22. The van der Waals surface area contributed by atoms with Gasteiger partial charge >= 0.3 is 0 Å². The van der Waals surface area contributed by atoms with Gasteiger partial charge < -0.3 is 21.7 Å². The summed E-state index contributed by atoms with van der Waals surface area (Å²) in [5.74, 6) is -0.940. The first kappa shape index (κ1) is 23.5. The molecule has 0 aliphatic rings. The fourth-order valence-electron chi connectivity index (χ4n) is 3.33. The number of benzene rings is 1. The van der Waals surface area contributed by atoms with E-state index in [0.29, 0.717) is 12.1 Å². The zero-order valence-corrected chi connectivity index (χ0v) is 18.7. The predicted octanol–water partition coefficient (Wildman–Crippen LogP) is 2.25. The minimum atomic E-state index is -0.927. The normalized spacial score (nSPS) is 11.6. The molecule has 2 aromatic heterocycles. The van der Waals surface area contributed by atoms with Gasteiger partial charge in [0.2, 0.25) is 11.9 Å². The summed E-state index contributed by atoms with van der Waals surface area (Å²) in [5.41, 5.74) is 6.59. The molecule has 0 spiro atoms. The molecule has 1 atom stereocenters. The summed E-state index contributed by atoms with van der Waals surface area (Å²) in [6.07, 6.45) is 2.20. The van der Waals surface area contributed by atoms with Crippen LogP contribution < -0.4 is 27.2 Å². The zero-order chi connectivity index (χ0) is 24.0. The molecule has 0 radical (unpaired) electrons. The molecule has 0 aliphatic heterocycles. The molecule has 1 unspecified atom stereocenters. The Hall–Kier alpha value is -4.21. The molecule has 33 heavy (non-hydrogen) atoms. The van der Waals surface area contributed by atoms with E-state index < -0.39 is 17.5 Å². The average Bonchev–Trinajstić information content (AvgIpc) is 2.78. The Bertz CT molecular complexity index is 1190. The standard InChI is InChI=1S/C23H27N7O3/c1-13(2)11-17(21(32)25-3)28-23-29-20(18(19(24)31)22(33)30-23)27-15-8-6-7-14(12-15)16-9-4-5-10-26-16/h4-10,12-13,17H,11H2,1-3H3,(H2,24,31)(H,25,32)(H3,27,28,29,30,33). The third-order valence-corrected chi connectivity index (χ3v) is 4.83. The van der Waals surface area contributed by atoms with Crippen molar-refractivity contribution >= 4 is 29.3 Å². The number of H-pyrrole nitrogens is 1. The van der Waals surface area contributed by atoms with Crippen molar-refractivity contribution in [3.8, 4) is 11.3 Å². The van der Waals surface area contributed by atoms with Crippen molar-refractivity contribution < 1.29 is 9.59 Å². The fraction of sp³-hybridized carbons (Fsp3) is 0.261. The second kappa shape index (κ2) is 10.4. The van der Waals surface area contributed by atoms with Gasteiger partial charge in [-0.15, -0.1) is 0 Å². The maximum Gasteiger partial charge on any atom is 0.267 e. The van der Waals surface area contributed by atoms with Crippen LogP contribution in [0.15, 0.2) is 53.5 Å². The first-order chi connectivity index (χ1) is 15.8. The van der Waals surface area contributed by atoms with Gasteiger partial charge in [0.1, 0.15) is 11.6 Å². The van der Waals surface area contributed by atoms with Crippen LogP contribution >= 0.6 is 0 Å². The number of nitrogens with two attached hydrogens (primary N) is 1. The molecule has 0 aliphatic carbocycles. The number of hydrogen-bond donors (Lipinski definition) is 5. The van der Waals surface area contributed by atoms with Crippen LogP contribution in [0.4, 0.5) is 17.5 Å². The van der Waals surface area contributed by atoms with Crippen LogP contribution in [0.3, 0.4) is 0 Å². The Kier molecular flexibility index (Phi) is 7.39. The molecular formula is C23H27N7O3. The molecule has 3 aromatic rings. The van der Waals surface area contributed by atoms with E-state index in [-0.39, 0.29) is 29.2 Å². The lowest BCUT2D eigenvalue weighted by molar-refractivity contribution is -0.121. The number of carbonyl (C=O) groups is 2. The van der Waals surface area contributed by atoms with Gasteiger partial charge in [-0.05, 0) is 36.6 Å². The summed E-state index contributed by atoms with van der Waals surface area (Å²) in [6.45, 7) is 3.96. The number of nitrogens with zero attached hydrogens (tertiary/aromatic N) is 2. The monoisotopic (exact) mass is 449 g/mol. The lowest BCUT2D eigenvalue weighted by Gasteiger charge is -2.20. The Balaban J connectivity index is 1.97. The molecule has 0 saturated carbocycles. The van der Waals surface area contributed by atoms with Crippen molar-refractivity contribution in [2.24, 2.45) is 11.7 Å². The van der Waals surface area contributed by atoms with Crippen LogP contribution in [0.25, 0.3) is 11.3 Å². The number of aromatic amines is 1. The van der Waals surface area contributed by atoms with E-state index in [9.17, 15) is 14.4 Å². The smallest absolute Gasteiger partial charge is 0.267 e. The molecule has 10 nitrogen and oxygen atoms in total. The molecule has 3 rings (SSSR count). The Labute approximate surface area is 191 Å². The number of aromatic nitrogens is 3. The predicted molar refractivity (Wildman–Crippen MR) is 127 cm³/mol. The van der Waals surface area contributed by atoms with Crippen LogP contribution in [0.1, 0.15) is 30.6 Å². The highest BCUT2D eigenvalue weighted by molar-refractivity contribution is 5.98. The number of likely N-dealkylation sites (N-methyl/N-ethyl adjacent to an activating group) is 1. The van der Waals surface area contributed by atoms with E-state index >= 15 is 0 Å². The van der Waals surface area contributed by atoms with Crippen molar-refractivity contribution in [2.45, 2.75) is 26.3 Å². The molecule has 0 saturated heterocycles. The van der Waals surface area contributed by atoms with Gasteiger partial charge in [0.05, 0.1) is 5.69 Å². The molecule has 0 bridgehead atoms. The summed E-state index contributed by atoms with van der Waals surface area (Å²) in [7, 11) is 1.53. The summed E-state index contributed by atoms with van der Waals surface area (Å²) in [5, 5.41) is 8.55. The highest BCUT2D eigenvalue weighted by atomic mass is 16.2. The molecule has 2 amide bonds. The average molecular weight is 450 g/mol. The number of amides is 2. The quantitative estimate of drug-likeness (QED) is 0.335. The Morgan fingerprint density at radius 1 is 1.15 bits per heavy atom. The largest absolute Gasteiger partial charge is 0.365 e. The van der Waals surface area contributed by atoms with E-state index in [1.807, 2.05) is 50.2 Å². The van der Waals surface area contributed by atoms with Gasteiger partial charge in [0, 0.05) is 24.5 Å². The summed E-state index contributed by atoms with van der Waals surface area (Å²) in [4.78, 5) is 48.1. The van der Waals surface area contributed by atoms with Crippen LogP contribution in [-0.4, -0.2) is 39.9 Å². The molecule has 0 fully saturated rings. The number of pyridine rings is 1. The summed E-state index contributed by atoms with van der Waals surface area (Å²) in [6, 6.07) is 12.2. The minimum Gasteiger partial charge on any atom is -0.365 e. The van der Waals surface area contributed by atoms with Gasteiger partial charge in [-0.25, -0.2) is 0 Å². The van der Waals surface area contributed by atoms with E-state index in [4.69, 9.17) is 5.73 Å². The van der Waals surface area contributed by atoms with Gasteiger partial charge in [0.25, 0.3) is 11.5 Å². The second-order valence-corrected chi connectivity index (χ2v) is 7.86. The van der Waals surface area contributed by atoms with Crippen LogP contribution in [-0.2, 0) is 4.79 Å². The van der Waals surface area contributed by atoms with E-state index in [0.717, 1.165) is 11.3 Å². The molecule has 10 heteroatoms. The van der Waals surface area contributed by atoms with Crippen molar-refractivity contribution in [3.63, 3.8) is 0 Å². The SMILES string of the molecule is CNC(=O)C(CC(C)C)Nc1nc(Nc2cccc(-c3ccccn3)c2)c(C(N)=O)c(=O)[nH]1. The highest BCUT2D eigenvalue weighted by Crippen LogP contribution is 2.24. The number of nitrogens with one attached hydrogen (secondary N) is 4. The van der Waals surface area contributed by atoms with E-state index in [2.05, 4.69) is 30.9 Å². The lowest BCUT2D eigenvalue weighted by atomic mass is 10.0. The maximum atomic E-state index is 12.6. The number of rotatable bonds is 9. The second-order valence-electron chi connectivity index (χ2n) is 7.86. The topological polar surface area (TPSA) is 155 Å². The van der Waals surface area contributed by atoms with Gasteiger partial charge in [-0.3, -0.25) is 24.4 Å². The lowest BCUT2D eigenvalue weighted by Crippen LogP contribution is -2.40. The first-order valence-electron chi connectivity index (χ1n) is 10.5. The van der Waals surface area contributed by atoms with Crippen LogP contribution in [0, 0.1) is 5.92 Å². The van der Waals surface area contributed by atoms with Crippen LogP contribution in [0.5, 0.6) is 0 Å². The van der Waals surface area contributed by atoms with Gasteiger partial charge in [-0.2, -0.15) is 4.98 Å². The fourth-order valence-corrected chi connectivity index (χ4v) is 3.33. The third-order valence-electron chi connectivity index (χ3n) is 4.83. The zero-order valence-electron chi connectivity index (χ0n) is 18.7. The maximum absolute atomic E-state index is 12.6. The van der Waals surface area contributed by atoms with Crippen LogP contribution in [0.2, 0.25) is 0 Å². The third kappa shape index (κ3) is 5.94. The van der Waals surface area contributed by atoms with Crippen molar-refractivity contribution in [1.82, 2.24) is 20.3 Å². The van der Waals surface area contributed by atoms with Gasteiger partial charge in [0.15, 0.2) is 5.82 Å². The van der Waals surface area contributed by atoms with Crippen molar-refractivity contribution in [3.05, 3.63) is 64.6 Å². The number of carbonyl (C=O) groups excluding carboxylic acids is 2. The van der Waals surface area contributed by atoms with E-state index in [1.54, 1.807) is 12.3 Å². The minimum absolute atomic E-state index is 0.0212. The van der Waals surface area contributed by atoms with Crippen molar-refractivity contribution in [1.29, 1.82) is 0 Å². The number of anilines is 3. The Morgan fingerprint density at radius 3 is 2.58 bits per heavy atom. The summed E-state index contributed by atoms with van der Waals surface area (Å²) >= 11 is 0.